The van der Waals surface area contributed by atoms with Gasteiger partial charge < -0.3 is 5.11 Å². The van der Waals surface area contributed by atoms with Crippen molar-refractivity contribution < 1.29 is 13.5 Å². The molecule has 0 radical (unpaired) electrons. The van der Waals surface area contributed by atoms with Crippen molar-refractivity contribution in [3.8, 4) is 0 Å². The van der Waals surface area contributed by atoms with Crippen molar-refractivity contribution in [3.63, 3.8) is 0 Å². The topological polar surface area (TPSA) is 57.6 Å². The molecule has 0 saturated heterocycles. The lowest BCUT2D eigenvalue weighted by atomic mass is 10.1. The molecule has 0 bridgehead atoms. The highest BCUT2D eigenvalue weighted by atomic mass is 32.2. The average Bonchev–Trinajstić information content (AvgIpc) is 2.09. The third kappa shape index (κ3) is 4.77. The van der Waals surface area contributed by atoms with E-state index in [4.69, 9.17) is 5.11 Å². The third-order valence-corrected chi connectivity index (χ3v) is 4.11. The van der Waals surface area contributed by atoms with Gasteiger partial charge >= 0.3 is 0 Å². The lowest BCUT2D eigenvalue weighted by molar-refractivity contribution is 0.264. The predicted octanol–water partition coefficient (Wildman–Crippen LogP) is 0.985. The van der Waals surface area contributed by atoms with Crippen LogP contribution in [0.25, 0.3) is 0 Å². The van der Waals surface area contributed by atoms with Gasteiger partial charge in [0.1, 0.15) is 0 Å². The first-order chi connectivity index (χ1) is 6.75. The van der Waals surface area contributed by atoms with Crippen LogP contribution in [-0.4, -0.2) is 42.3 Å². The largest absolute Gasteiger partial charge is 0.396 e. The normalized spacial score (nSPS) is 13.1. The van der Waals surface area contributed by atoms with E-state index in [2.05, 4.69) is 6.58 Å². The van der Waals surface area contributed by atoms with E-state index in [0.717, 1.165) is 0 Å². The number of rotatable bonds is 6. The van der Waals surface area contributed by atoms with E-state index in [0.29, 0.717) is 6.54 Å². The summed E-state index contributed by atoms with van der Waals surface area (Å²) in [5.74, 6) is -0.0192. The van der Waals surface area contributed by atoms with Crippen molar-refractivity contribution in [3.05, 3.63) is 12.7 Å². The van der Waals surface area contributed by atoms with E-state index in [1.165, 1.54) is 4.31 Å². The van der Waals surface area contributed by atoms with Crippen molar-refractivity contribution in [1.29, 1.82) is 0 Å². The average molecular weight is 235 g/mol. The summed E-state index contributed by atoms with van der Waals surface area (Å²) in [6.07, 6.45) is 1.84. The van der Waals surface area contributed by atoms with E-state index in [-0.39, 0.29) is 18.8 Å². The first kappa shape index (κ1) is 14.6. The molecule has 0 unspecified atom stereocenters. The van der Waals surface area contributed by atoms with Crippen LogP contribution in [0, 0.1) is 0 Å². The second kappa shape index (κ2) is 5.63. The molecule has 90 valence electrons. The maximum Gasteiger partial charge on any atom is 0.214 e. The SMILES string of the molecule is C=CCN(C(C)(C)C)S(=O)(=O)CCCO. The smallest absolute Gasteiger partial charge is 0.214 e. The molecule has 4 nitrogen and oxygen atoms in total. The van der Waals surface area contributed by atoms with Crippen LogP contribution >= 0.6 is 0 Å². The molecule has 0 heterocycles. The number of sulfonamides is 1. The molecule has 15 heavy (non-hydrogen) atoms. The Balaban J connectivity index is 4.83. The molecule has 0 atom stereocenters. The number of aliphatic hydroxyl groups excluding tert-OH is 1. The molecule has 1 N–H and O–H groups in total. The highest BCUT2D eigenvalue weighted by Gasteiger charge is 2.30. The molecule has 0 aliphatic heterocycles. The molecule has 0 aliphatic carbocycles. The number of hydrogen-bond donors (Lipinski definition) is 1. The van der Waals surface area contributed by atoms with Gasteiger partial charge in [0.15, 0.2) is 0 Å². The van der Waals surface area contributed by atoms with E-state index in [1.54, 1.807) is 6.08 Å². The summed E-state index contributed by atoms with van der Waals surface area (Å²) in [4.78, 5) is 0. The molecule has 0 aromatic heterocycles. The Morgan fingerprint density at radius 3 is 2.27 bits per heavy atom. The standard InChI is InChI=1S/C10H21NO3S/c1-5-7-11(10(2,3)4)15(13,14)9-6-8-12/h5,12H,1,6-9H2,2-4H3. The van der Waals surface area contributed by atoms with Crippen LogP contribution in [0.1, 0.15) is 27.2 Å². The summed E-state index contributed by atoms with van der Waals surface area (Å²) >= 11 is 0. The lowest BCUT2D eigenvalue weighted by Crippen LogP contribution is -2.46. The van der Waals surface area contributed by atoms with E-state index < -0.39 is 15.6 Å². The van der Waals surface area contributed by atoms with Gasteiger partial charge in [-0.15, -0.1) is 6.58 Å². The molecule has 0 aromatic rings. The Kier molecular flexibility index (Phi) is 5.48. The lowest BCUT2D eigenvalue weighted by Gasteiger charge is -2.33. The second-order valence-electron chi connectivity index (χ2n) is 4.38. The van der Waals surface area contributed by atoms with Crippen LogP contribution in [0.5, 0.6) is 0 Å². The molecule has 0 aliphatic rings. The second-order valence-corrected chi connectivity index (χ2v) is 6.40. The van der Waals surface area contributed by atoms with Crippen molar-refractivity contribution in [2.45, 2.75) is 32.7 Å². The molecular formula is C10H21NO3S. The van der Waals surface area contributed by atoms with Crippen LogP contribution < -0.4 is 0 Å². The van der Waals surface area contributed by atoms with Crippen molar-refractivity contribution >= 4 is 10.0 Å². The van der Waals surface area contributed by atoms with Gasteiger partial charge in [-0.2, -0.15) is 4.31 Å². The summed E-state index contributed by atoms with van der Waals surface area (Å²) in [5.41, 5.74) is -0.456. The Labute approximate surface area is 92.6 Å². The highest BCUT2D eigenvalue weighted by molar-refractivity contribution is 7.89. The molecule has 0 amide bonds. The van der Waals surface area contributed by atoms with Crippen molar-refractivity contribution in [2.24, 2.45) is 0 Å². The zero-order valence-corrected chi connectivity index (χ0v) is 10.5. The Bertz CT molecular complexity index is 290. The first-order valence-corrected chi connectivity index (χ1v) is 6.59. The highest BCUT2D eigenvalue weighted by Crippen LogP contribution is 2.18. The number of aliphatic hydroxyl groups is 1. The van der Waals surface area contributed by atoms with Crippen LogP contribution in [0.2, 0.25) is 0 Å². The summed E-state index contributed by atoms with van der Waals surface area (Å²) in [6, 6.07) is 0. The van der Waals surface area contributed by atoms with Crippen molar-refractivity contribution in [2.75, 3.05) is 18.9 Å². The number of hydrogen-bond acceptors (Lipinski definition) is 3. The fraction of sp³-hybridized carbons (Fsp3) is 0.800. The molecular weight excluding hydrogens is 214 g/mol. The molecule has 5 heteroatoms. The first-order valence-electron chi connectivity index (χ1n) is 4.98. The minimum absolute atomic E-state index is 0.0192. The molecule has 0 rings (SSSR count). The Morgan fingerprint density at radius 1 is 1.40 bits per heavy atom. The van der Waals surface area contributed by atoms with Crippen LogP contribution in [0.4, 0.5) is 0 Å². The van der Waals surface area contributed by atoms with Gasteiger partial charge in [-0.1, -0.05) is 6.08 Å². The zero-order chi connectivity index (χ0) is 12.1. The summed E-state index contributed by atoms with van der Waals surface area (Å²) in [6.45, 7) is 9.27. The maximum absolute atomic E-state index is 11.9. The maximum atomic E-state index is 11.9. The molecule has 0 saturated carbocycles. The van der Waals surface area contributed by atoms with Crippen LogP contribution in [0.3, 0.4) is 0 Å². The molecule has 0 spiro atoms. The fourth-order valence-electron chi connectivity index (χ4n) is 1.28. The van der Waals surface area contributed by atoms with Gasteiger partial charge in [0.05, 0.1) is 5.75 Å². The summed E-state index contributed by atoms with van der Waals surface area (Å²) in [5, 5.41) is 8.64. The fourth-order valence-corrected chi connectivity index (χ4v) is 3.16. The van der Waals surface area contributed by atoms with Crippen LogP contribution in [-0.2, 0) is 10.0 Å². The summed E-state index contributed by atoms with van der Waals surface area (Å²) < 4.78 is 25.2. The Morgan fingerprint density at radius 2 is 1.93 bits per heavy atom. The predicted molar refractivity (Wildman–Crippen MR) is 62.1 cm³/mol. The monoisotopic (exact) mass is 235 g/mol. The zero-order valence-electron chi connectivity index (χ0n) is 9.73. The summed E-state index contributed by atoms with van der Waals surface area (Å²) in [7, 11) is -3.30. The van der Waals surface area contributed by atoms with Gasteiger partial charge in [-0.05, 0) is 27.2 Å². The van der Waals surface area contributed by atoms with E-state index in [1.807, 2.05) is 20.8 Å². The van der Waals surface area contributed by atoms with Gasteiger partial charge in [-0.3, -0.25) is 0 Å². The van der Waals surface area contributed by atoms with Gasteiger partial charge in [0, 0.05) is 18.7 Å². The van der Waals surface area contributed by atoms with Gasteiger partial charge in [0.2, 0.25) is 10.0 Å². The van der Waals surface area contributed by atoms with Gasteiger partial charge in [0.25, 0.3) is 0 Å². The quantitative estimate of drug-likeness (QED) is 0.698. The molecule has 0 aromatic carbocycles. The van der Waals surface area contributed by atoms with Crippen molar-refractivity contribution in [1.82, 2.24) is 4.31 Å². The number of nitrogens with zero attached hydrogens (tertiary/aromatic N) is 1. The molecule has 0 fully saturated rings. The Hall–Kier alpha value is -0.390. The van der Waals surface area contributed by atoms with E-state index >= 15 is 0 Å². The third-order valence-electron chi connectivity index (χ3n) is 1.94. The van der Waals surface area contributed by atoms with Gasteiger partial charge in [-0.25, -0.2) is 8.42 Å². The minimum atomic E-state index is -3.30. The van der Waals surface area contributed by atoms with Crippen LogP contribution in [0.15, 0.2) is 12.7 Å². The van der Waals surface area contributed by atoms with E-state index in [9.17, 15) is 8.42 Å². The minimum Gasteiger partial charge on any atom is -0.396 e.